The molecular formula is C26H29F2N7O3S. The summed E-state index contributed by atoms with van der Waals surface area (Å²) < 4.78 is 58.0. The molecule has 1 aromatic carbocycles. The molecule has 5 rings (SSSR count). The van der Waals surface area contributed by atoms with Crippen molar-refractivity contribution in [3.8, 4) is 22.5 Å². The van der Waals surface area contributed by atoms with Crippen LogP contribution >= 0.6 is 0 Å². The van der Waals surface area contributed by atoms with Crippen molar-refractivity contribution in [2.24, 2.45) is 5.73 Å². The van der Waals surface area contributed by atoms with Crippen LogP contribution in [0.25, 0.3) is 22.5 Å². The summed E-state index contributed by atoms with van der Waals surface area (Å²) in [7, 11) is -4.23. The Morgan fingerprint density at radius 3 is 2.31 bits per heavy atom. The summed E-state index contributed by atoms with van der Waals surface area (Å²) in [6, 6.07) is 3.20. The van der Waals surface area contributed by atoms with Crippen molar-refractivity contribution in [1.82, 2.24) is 24.2 Å². The number of hydrogen-bond donors (Lipinski definition) is 2. The van der Waals surface area contributed by atoms with Gasteiger partial charge in [-0.25, -0.2) is 27.2 Å². The molecule has 0 unspecified atom stereocenters. The zero-order valence-corrected chi connectivity index (χ0v) is 22.1. The normalized spacial score (nSPS) is 16.7. The molecule has 0 bridgehead atoms. The molecule has 0 aliphatic carbocycles. The van der Waals surface area contributed by atoms with Gasteiger partial charge in [-0.1, -0.05) is 0 Å². The van der Waals surface area contributed by atoms with Crippen molar-refractivity contribution < 1.29 is 22.0 Å². The first-order valence-corrected chi connectivity index (χ1v) is 14.2. The topological polar surface area (TPSA) is 148 Å². The lowest BCUT2D eigenvalue weighted by Crippen LogP contribution is -2.28. The number of nitrogens with zero attached hydrogens (tertiary/aromatic N) is 5. The number of hydrogen-bond acceptors (Lipinski definition) is 8. The number of sulfonamides is 1. The van der Waals surface area contributed by atoms with E-state index in [1.165, 1.54) is 6.20 Å². The molecule has 2 saturated heterocycles. The molecule has 0 atom stereocenters. The number of anilines is 1. The third-order valence-corrected chi connectivity index (χ3v) is 9.09. The third-order valence-electron chi connectivity index (χ3n) is 7.18. The van der Waals surface area contributed by atoms with E-state index in [0.717, 1.165) is 48.4 Å². The molecule has 2 aliphatic rings. The number of aromatic nitrogens is 3. The van der Waals surface area contributed by atoms with Crippen LogP contribution in [-0.2, 0) is 16.4 Å². The Hall–Kier alpha value is -3.55. The smallest absolute Gasteiger partial charge is 0.271 e. The second kappa shape index (κ2) is 10.9. The Labute approximate surface area is 225 Å². The van der Waals surface area contributed by atoms with E-state index < -0.39 is 38.2 Å². The van der Waals surface area contributed by atoms with Crippen LogP contribution in [-0.4, -0.2) is 71.2 Å². The molecular weight excluding hydrogens is 528 g/mol. The van der Waals surface area contributed by atoms with E-state index in [4.69, 9.17) is 11.5 Å². The minimum Gasteiger partial charge on any atom is -0.382 e. The highest BCUT2D eigenvalue weighted by Crippen LogP contribution is 2.36. The van der Waals surface area contributed by atoms with Gasteiger partial charge in [0.15, 0.2) is 11.5 Å². The SMILES string of the molecule is NC(=O)c1nc(-c2cc(F)c(S(=O)(=O)N3CCCC3)cc2F)c(-c2cnccc2CCN2CCCC2)nc1N. The van der Waals surface area contributed by atoms with E-state index in [1.807, 2.05) is 0 Å². The Kier molecular flexibility index (Phi) is 7.56. The molecule has 4 N–H and O–H groups in total. The Balaban J connectivity index is 1.63. The summed E-state index contributed by atoms with van der Waals surface area (Å²) in [4.78, 5) is 26.3. The van der Waals surface area contributed by atoms with Crippen molar-refractivity contribution >= 4 is 21.7 Å². The number of halogens is 2. The molecule has 1 amide bonds. The number of nitrogens with two attached hydrogens (primary N) is 2. The highest BCUT2D eigenvalue weighted by atomic mass is 32.2. The van der Waals surface area contributed by atoms with Gasteiger partial charge in [-0.2, -0.15) is 4.31 Å². The first-order valence-electron chi connectivity index (χ1n) is 12.8. The van der Waals surface area contributed by atoms with Gasteiger partial charge in [-0.3, -0.25) is 9.78 Å². The fourth-order valence-electron chi connectivity index (χ4n) is 5.12. The van der Waals surface area contributed by atoms with Crippen LogP contribution in [0.2, 0.25) is 0 Å². The van der Waals surface area contributed by atoms with Crippen LogP contribution in [0.5, 0.6) is 0 Å². The number of carbonyl (C=O) groups excluding carboxylic acids is 1. The predicted molar refractivity (Wildman–Crippen MR) is 141 cm³/mol. The van der Waals surface area contributed by atoms with Crippen LogP contribution in [0, 0.1) is 11.6 Å². The van der Waals surface area contributed by atoms with Crippen LogP contribution in [0.15, 0.2) is 35.5 Å². The zero-order valence-electron chi connectivity index (χ0n) is 21.2. The summed E-state index contributed by atoms with van der Waals surface area (Å²) in [5.74, 6) is -3.47. The van der Waals surface area contributed by atoms with Crippen molar-refractivity contribution in [3.05, 3.63) is 53.5 Å². The highest BCUT2D eigenvalue weighted by Gasteiger charge is 2.32. The van der Waals surface area contributed by atoms with Crippen molar-refractivity contribution in [2.45, 2.75) is 37.0 Å². The number of carbonyl (C=O) groups is 1. The molecule has 2 fully saturated rings. The van der Waals surface area contributed by atoms with E-state index in [1.54, 1.807) is 12.3 Å². The molecule has 0 spiro atoms. The number of benzene rings is 1. The second-order valence-corrected chi connectivity index (χ2v) is 11.6. The van der Waals surface area contributed by atoms with Crippen molar-refractivity contribution in [3.63, 3.8) is 0 Å². The molecule has 0 saturated carbocycles. The fraction of sp³-hybridized carbons (Fsp3) is 0.385. The number of pyridine rings is 1. The molecule has 3 aromatic rings. The number of primary amides is 1. The summed E-state index contributed by atoms with van der Waals surface area (Å²) in [5, 5.41) is 0. The Morgan fingerprint density at radius 2 is 1.62 bits per heavy atom. The monoisotopic (exact) mass is 557 g/mol. The van der Waals surface area contributed by atoms with Crippen molar-refractivity contribution in [1.29, 1.82) is 0 Å². The number of likely N-dealkylation sites (tertiary alicyclic amines) is 1. The number of amides is 1. The van der Waals surface area contributed by atoms with Crippen molar-refractivity contribution in [2.75, 3.05) is 38.5 Å². The van der Waals surface area contributed by atoms with E-state index >= 15 is 8.78 Å². The van der Waals surface area contributed by atoms with Gasteiger partial charge < -0.3 is 16.4 Å². The van der Waals surface area contributed by atoms with Gasteiger partial charge in [0.1, 0.15) is 27.9 Å². The maximum Gasteiger partial charge on any atom is 0.271 e. The predicted octanol–water partition coefficient (Wildman–Crippen LogP) is 2.59. The first kappa shape index (κ1) is 27.0. The maximum atomic E-state index is 15.6. The molecule has 0 radical (unpaired) electrons. The lowest BCUT2D eigenvalue weighted by molar-refractivity contribution is 0.0996. The van der Waals surface area contributed by atoms with E-state index in [0.29, 0.717) is 30.9 Å². The van der Waals surface area contributed by atoms with E-state index in [9.17, 15) is 13.2 Å². The average Bonchev–Trinajstić information content (AvgIpc) is 3.64. The Morgan fingerprint density at radius 1 is 0.949 bits per heavy atom. The van der Waals surface area contributed by atoms with Crippen LogP contribution in [0.1, 0.15) is 41.7 Å². The molecule has 4 heterocycles. The zero-order chi connectivity index (χ0) is 27.7. The minimum absolute atomic E-state index is 0.0791. The first-order chi connectivity index (χ1) is 18.7. The molecule has 206 valence electrons. The van der Waals surface area contributed by atoms with Gasteiger partial charge in [0, 0.05) is 43.2 Å². The van der Waals surface area contributed by atoms with E-state index in [2.05, 4.69) is 19.9 Å². The standard InChI is InChI=1S/C26H29F2N7O3S/c27-19-14-21(39(37,38)35-10-3-4-11-35)20(28)13-17(19)22-23(33-25(29)24(32-22)26(30)36)18-15-31-7-5-16(18)6-12-34-8-1-2-9-34/h5,7,13-15H,1-4,6,8-12H2,(H2,29,33)(H2,30,36). The fourth-order valence-corrected chi connectivity index (χ4v) is 6.69. The maximum absolute atomic E-state index is 15.6. The van der Waals surface area contributed by atoms with E-state index in [-0.39, 0.29) is 35.9 Å². The quantitative estimate of drug-likeness (QED) is 0.429. The Bertz CT molecular complexity index is 1520. The lowest BCUT2D eigenvalue weighted by Gasteiger charge is -2.19. The largest absolute Gasteiger partial charge is 0.382 e. The average molecular weight is 558 g/mol. The van der Waals surface area contributed by atoms with Gasteiger partial charge in [0.05, 0.1) is 0 Å². The minimum atomic E-state index is -4.23. The molecule has 2 aliphatic heterocycles. The van der Waals surface area contributed by atoms with Gasteiger partial charge in [0.2, 0.25) is 10.0 Å². The summed E-state index contributed by atoms with van der Waals surface area (Å²) >= 11 is 0. The summed E-state index contributed by atoms with van der Waals surface area (Å²) in [6.45, 7) is 3.26. The van der Waals surface area contributed by atoms with Gasteiger partial charge >= 0.3 is 0 Å². The summed E-state index contributed by atoms with van der Waals surface area (Å²) in [5.41, 5.74) is 11.8. The van der Waals surface area contributed by atoms with Gasteiger partial charge in [-0.15, -0.1) is 0 Å². The lowest BCUT2D eigenvalue weighted by atomic mass is 9.99. The molecule has 10 nitrogen and oxygen atoms in total. The molecule has 13 heteroatoms. The van der Waals surface area contributed by atoms with Crippen LogP contribution in [0.3, 0.4) is 0 Å². The number of rotatable bonds is 8. The summed E-state index contributed by atoms with van der Waals surface area (Å²) in [6.07, 6.45) is 7.34. The third kappa shape index (κ3) is 5.34. The molecule has 2 aromatic heterocycles. The highest BCUT2D eigenvalue weighted by molar-refractivity contribution is 7.89. The van der Waals surface area contributed by atoms with Crippen LogP contribution in [0.4, 0.5) is 14.6 Å². The molecule has 39 heavy (non-hydrogen) atoms. The second-order valence-electron chi connectivity index (χ2n) is 9.72. The number of nitrogen functional groups attached to an aromatic ring is 1. The van der Waals surface area contributed by atoms with Gasteiger partial charge in [0.25, 0.3) is 5.91 Å². The van der Waals surface area contributed by atoms with Gasteiger partial charge in [-0.05, 0) is 69.0 Å². The van der Waals surface area contributed by atoms with Crippen LogP contribution < -0.4 is 11.5 Å².